The Labute approximate surface area is 131 Å². The second kappa shape index (κ2) is 7.32. The Bertz CT molecular complexity index is 470. The maximum Gasteiger partial charge on any atom is 0.327 e. The van der Waals surface area contributed by atoms with Crippen LogP contribution in [0.25, 0.3) is 0 Å². The van der Waals surface area contributed by atoms with Crippen LogP contribution in [0.15, 0.2) is 29.2 Å². The van der Waals surface area contributed by atoms with Crippen LogP contribution in [0, 0.1) is 12.8 Å². The van der Waals surface area contributed by atoms with E-state index < -0.39 is 5.54 Å². The lowest BCUT2D eigenvalue weighted by Crippen LogP contribution is -2.57. The lowest BCUT2D eigenvalue weighted by molar-refractivity contribution is -0.151. The van der Waals surface area contributed by atoms with Gasteiger partial charge in [-0.05, 0) is 51.3 Å². The molecule has 1 aliphatic carbocycles. The van der Waals surface area contributed by atoms with Gasteiger partial charge in [0.2, 0.25) is 0 Å². The summed E-state index contributed by atoms with van der Waals surface area (Å²) >= 11 is 1.74. The van der Waals surface area contributed by atoms with Gasteiger partial charge in [-0.25, -0.2) is 0 Å². The Kier molecular flexibility index (Phi) is 5.71. The lowest BCUT2D eigenvalue weighted by atomic mass is 9.95. The van der Waals surface area contributed by atoms with Crippen molar-refractivity contribution in [3.8, 4) is 0 Å². The van der Waals surface area contributed by atoms with Crippen LogP contribution in [0.3, 0.4) is 0 Å². The molecular formula is C17H25NO2S. The molecular weight excluding hydrogens is 282 g/mol. The van der Waals surface area contributed by atoms with E-state index >= 15 is 0 Å². The van der Waals surface area contributed by atoms with Crippen molar-refractivity contribution in [2.45, 2.75) is 44.0 Å². The van der Waals surface area contributed by atoms with Gasteiger partial charge in [0.25, 0.3) is 0 Å². The van der Waals surface area contributed by atoms with Gasteiger partial charge in [-0.1, -0.05) is 24.6 Å². The summed E-state index contributed by atoms with van der Waals surface area (Å²) in [6.07, 6.45) is 2.22. The molecule has 0 radical (unpaired) electrons. The fraction of sp³-hybridized carbons (Fsp3) is 0.588. The van der Waals surface area contributed by atoms with Gasteiger partial charge >= 0.3 is 5.97 Å². The second-order valence-electron chi connectivity index (χ2n) is 5.60. The molecule has 116 valence electrons. The fourth-order valence-electron chi connectivity index (χ4n) is 2.59. The number of esters is 1. The van der Waals surface area contributed by atoms with Crippen molar-refractivity contribution in [2.75, 3.05) is 18.9 Å². The third-order valence-corrected chi connectivity index (χ3v) is 5.10. The van der Waals surface area contributed by atoms with Gasteiger partial charge in [0, 0.05) is 10.6 Å². The third-order valence-electron chi connectivity index (χ3n) is 3.89. The lowest BCUT2D eigenvalue weighted by Gasteiger charge is -2.32. The molecule has 1 N–H and O–H groups in total. The molecule has 0 aliphatic heterocycles. The predicted octanol–water partition coefficient (Wildman–Crippen LogP) is 3.41. The first-order valence-corrected chi connectivity index (χ1v) is 8.72. The molecule has 3 nitrogen and oxygen atoms in total. The van der Waals surface area contributed by atoms with E-state index in [0.717, 1.165) is 25.1 Å². The van der Waals surface area contributed by atoms with Gasteiger partial charge in [0.15, 0.2) is 0 Å². The van der Waals surface area contributed by atoms with Crippen LogP contribution in [-0.2, 0) is 9.53 Å². The number of thioether (sulfide) groups is 1. The van der Waals surface area contributed by atoms with E-state index in [0.29, 0.717) is 12.5 Å². The maximum absolute atomic E-state index is 12.5. The molecule has 1 aliphatic rings. The molecule has 1 atom stereocenters. The number of benzene rings is 1. The maximum atomic E-state index is 12.5. The van der Waals surface area contributed by atoms with Crippen LogP contribution in [-0.4, -0.2) is 30.4 Å². The Morgan fingerprint density at radius 3 is 2.52 bits per heavy atom. The van der Waals surface area contributed by atoms with Crippen molar-refractivity contribution < 1.29 is 9.53 Å². The average molecular weight is 307 g/mol. The van der Waals surface area contributed by atoms with E-state index in [4.69, 9.17) is 4.74 Å². The van der Waals surface area contributed by atoms with Crippen LogP contribution in [0.4, 0.5) is 0 Å². The van der Waals surface area contributed by atoms with E-state index in [-0.39, 0.29) is 5.97 Å². The fourth-order valence-corrected chi connectivity index (χ4v) is 3.77. The smallest absolute Gasteiger partial charge is 0.327 e. The molecule has 2 rings (SSSR count). The summed E-state index contributed by atoms with van der Waals surface area (Å²) in [5, 5.41) is 3.43. The van der Waals surface area contributed by atoms with Gasteiger partial charge in [-0.3, -0.25) is 4.79 Å². The number of ether oxygens (including phenoxy) is 1. The summed E-state index contributed by atoms with van der Waals surface area (Å²) in [6, 6.07) is 8.46. The van der Waals surface area contributed by atoms with Gasteiger partial charge in [0.1, 0.15) is 5.54 Å². The normalized spacial score (nSPS) is 17.3. The predicted molar refractivity (Wildman–Crippen MR) is 87.7 cm³/mol. The highest BCUT2D eigenvalue weighted by molar-refractivity contribution is 7.99. The van der Waals surface area contributed by atoms with E-state index in [9.17, 15) is 4.79 Å². The quantitative estimate of drug-likeness (QED) is 0.590. The Morgan fingerprint density at radius 2 is 2.00 bits per heavy atom. The minimum atomic E-state index is -0.527. The number of carbonyl (C=O) groups is 1. The van der Waals surface area contributed by atoms with Crippen LogP contribution in [0.1, 0.15) is 32.3 Å². The average Bonchev–Trinajstić information content (AvgIpc) is 3.30. The molecule has 1 unspecified atom stereocenters. The summed E-state index contributed by atoms with van der Waals surface area (Å²) in [5.74, 6) is 1.05. The second-order valence-corrected chi connectivity index (χ2v) is 6.65. The molecule has 1 aromatic rings. The molecule has 0 saturated heterocycles. The van der Waals surface area contributed by atoms with Crippen molar-refractivity contribution in [2.24, 2.45) is 5.92 Å². The number of nitrogens with one attached hydrogen (secondary N) is 1. The zero-order chi connectivity index (χ0) is 15.3. The Morgan fingerprint density at radius 1 is 1.33 bits per heavy atom. The topological polar surface area (TPSA) is 38.3 Å². The molecule has 1 saturated carbocycles. The number of carbonyl (C=O) groups excluding carboxylic acids is 1. The highest BCUT2D eigenvalue weighted by Gasteiger charge is 2.51. The van der Waals surface area contributed by atoms with Gasteiger partial charge in [-0.15, -0.1) is 11.8 Å². The monoisotopic (exact) mass is 307 g/mol. The van der Waals surface area contributed by atoms with E-state index in [1.54, 1.807) is 11.8 Å². The van der Waals surface area contributed by atoms with Gasteiger partial charge < -0.3 is 10.1 Å². The number of hydrogen-bond acceptors (Lipinski definition) is 4. The highest BCUT2D eigenvalue weighted by atomic mass is 32.2. The van der Waals surface area contributed by atoms with Crippen molar-refractivity contribution in [1.29, 1.82) is 0 Å². The molecule has 4 heteroatoms. The standard InChI is InChI=1S/C17H25NO2S/c1-4-18-17(14-8-9-14,16(19)20-5-2)12-21-15-10-6-13(3)7-11-15/h6-7,10-11,14,18H,4-5,8-9,12H2,1-3H3. The Hall–Kier alpha value is -1.00. The SMILES string of the molecule is CCNC(CSc1ccc(C)cc1)(C(=O)OCC)C1CC1. The molecule has 0 bridgehead atoms. The minimum absolute atomic E-state index is 0.0889. The summed E-state index contributed by atoms with van der Waals surface area (Å²) < 4.78 is 5.35. The summed E-state index contributed by atoms with van der Waals surface area (Å²) in [4.78, 5) is 13.7. The zero-order valence-electron chi connectivity index (χ0n) is 13.1. The molecule has 1 fully saturated rings. The largest absolute Gasteiger partial charge is 0.465 e. The highest BCUT2D eigenvalue weighted by Crippen LogP contribution is 2.43. The van der Waals surface area contributed by atoms with E-state index in [2.05, 4.69) is 36.5 Å². The van der Waals surface area contributed by atoms with E-state index in [1.165, 1.54) is 10.5 Å². The summed E-state index contributed by atoms with van der Waals surface area (Å²) in [7, 11) is 0. The van der Waals surface area contributed by atoms with Crippen LogP contribution in [0.5, 0.6) is 0 Å². The minimum Gasteiger partial charge on any atom is -0.465 e. The van der Waals surface area contributed by atoms with Crippen molar-refractivity contribution in [3.63, 3.8) is 0 Å². The molecule has 21 heavy (non-hydrogen) atoms. The molecule has 1 aromatic carbocycles. The summed E-state index contributed by atoms with van der Waals surface area (Å²) in [5.41, 5.74) is 0.727. The first-order chi connectivity index (χ1) is 10.1. The third kappa shape index (κ3) is 4.01. The first kappa shape index (κ1) is 16.4. The molecule has 0 amide bonds. The zero-order valence-corrected chi connectivity index (χ0v) is 14.0. The van der Waals surface area contributed by atoms with Crippen LogP contribution >= 0.6 is 11.8 Å². The van der Waals surface area contributed by atoms with Gasteiger partial charge in [0.05, 0.1) is 6.61 Å². The Balaban J connectivity index is 2.11. The van der Waals surface area contributed by atoms with Crippen LogP contribution in [0.2, 0.25) is 0 Å². The van der Waals surface area contributed by atoms with Crippen molar-refractivity contribution >= 4 is 17.7 Å². The van der Waals surface area contributed by atoms with Crippen molar-refractivity contribution in [1.82, 2.24) is 5.32 Å². The van der Waals surface area contributed by atoms with Gasteiger partial charge in [-0.2, -0.15) is 0 Å². The molecule has 0 aromatic heterocycles. The first-order valence-electron chi connectivity index (χ1n) is 7.74. The number of rotatable bonds is 8. The van der Waals surface area contributed by atoms with Crippen LogP contribution < -0.4 is 5.32 Å². The molecule has 0 heterocycles. The molecule has 0 spiro atoms. The van der Waals surface area contributed by atoms with E-state index in [1.807, 2.05) is 13.8 Å². The number of aryl methyl sites for hydroxylation is 1. The van der Waals surface area contributed by atoms with Crippen molar-refractivity contribution in [3.05, 3.63) is 29.8 Å². The number of likely N-dealkylation sites (N-methyl/N-ethyl adjacent to an activating group) is 1. The number of hydrogen-bond donors (Lipinski definition) is 1. The summed E-state index contributed by atoms with van der Waals surface area (Å²) in [6.45, 7) is 7.22.